The molecule has 0 N–H and O–H groups in total. The molecule has 0 aromatic heterocycles. The Morgan fingerprint density at radius 1 is 1.22 bits per heavy atom. The highest BCUT2D eigenvalue weighted by Gasteiger charge is 2.07. The van der Waals surface area contributed by atoms with Gasteiger partial charge in [-0.1, -0.05) is 31.2 Å². The van der Waals surface area contributed by atoms with Crippen molar-refractivity contribution in [2.75, 3.05) is 11.6 Å². The van der Waals surface area contributed by atoms with Crippen molar-refractivity contribution in [2.45, 2.75) is 11.8 Å². The van der Waals surface area contributed by atoms with Crippen LogP contribution in [0.25, 0.3) is 10.8 Å². The van der Waals surface area contributed by atoms with Gasteiger partial charge < -0.3 is 0 Å². The van der Waals surface area contributed by atoms with E-state index in [2.05, 4.69) is 19.1 Å². The maximum Gasteiger partial charge on any atom is 0.0998 e. The predicted molar refractivity (Wildman–Crippen MR) is 79.3 cm³/mol. The second kappa shape index (κ2) is 6.13. The van der Waals surface area contributed by atoms with E-state index in [1.807, 2.05) is 42.1 Å². The van der Waals surface area contributed by atoms with Crippen molar-refractivity contribution in [2.24, 2.45) is 5.92 Å². The zero-order valence-corrected chi connectivity index (χ0v) is 11.8. The van der Waals surface area contributed by atoms with Crippen LogP contribution in [0, 0.1) is 17.2 Å². The van der Waals surface area contributed by atoms with Gasteiger partial charge >= 0.3 is 0 Å². The molecule has 0 amide bonds. The molecular formula is C15H14ClNS. The molecule has 0 radical (unpaired) electrons. The quantitative estimate of drug-likeness (QED) is 0.598. The number of nitrogens with zero attached hydrogens (tertiary/aromatic N) is 1. The molecular weight excluding hydrogens is 262 g/mol. The Morgan fingerprint density at radius 2 is 1.94 bits per heavy atom. The number of hydrogen-bond donors (Lipinski definition) is 0. The van der Waals surface area contributed by atoms with E-state index in [0.29, 0.717) is 11.8 Å². The first-order valence-corrected chi connectivity index (χ1v) is 7.39. The number of rotatable bonds is 4. The summed E-state index contributed by atoms with van der Waals surface area (Å²) < 4.78 is 0. The molecule has 0 aliphatic carbocycles. The molecule has 0 aliphatic rings. The molecule has 2 rings (SSSR count). The molecule has 1 unspecified atom stereocenters. The van der Waals surface area contributed by atoms with Gasteiger partial charge in [-0.3, -0.25) is 0 Å². The first kappa shape index (κ1) is 13.3. The fourth-order valence-electron chi connectivity index (χ4n) is 1.77. The molecule has 0 fully saturated rings. The maximum absolute atomic E-state index is 9.11. The monoisotopic (exact) mass is 275 g/mol. The van der Waals surface area contributed by atoms with Crippen LogP contribution in [-0.2, 0) is 0 Å². The Bertz CT molecular complexity index is 589. The zero-order chi connectivity index (χ0) is 13.0. The molecule has 0 spiro atoms. The largest absolute Gasteiger partial charge is 0.192 e. The Kier molecular flexibility index (Phi) is 4.52. The average Bonchev–Trinajstić information content (AvgIpc) is 2.44. The van der Waals surface area contributed by atoms with Crippen molar-refractivity contribution < 1.29 is 0 Å². The van der Waals surface area contributed by atoms with Crippen molar-refractivity contribution in [1.82, 2.24) is 0 Å². The van der Waals surface area contributed by atoms with Gasteiger partial charge in [-0.05, 0) is 23.4 Å². The highest BCUT2D eigenvalue weighted by atomic mass is 35.5. The van der Waals surface area contributed by atoms with E-state index < -0.39 is 0 Å². The summed E-state index contributed by atoms with van der Waals surface area (Å²) in [6.07, 6.45) is 0. The third-order valence-corrected chi connectivity index (χ3v) is 4.72. The summed E-state index contributed by atoms with van der Waals surface area (Å²) in [5, 5.41) is 11.3. The van der Waals surface area contributed by atoms with Gasteiger partial charge in [0.15, 0.2) is 0 Å². The lowest BCUT2D eigenvalue weighted by atomic mass is 10.1. The fraction of sp³-hybridized carbons (Fsp3) is 0.267. The summed E-state index contributed by atoms with van der Waals surface area (Å²) in [5.41, 5.74) is 0.736. The number of alkyl halides is 1. The highest BCUT2D eigenvalue weighted by Crippen LogP contribution is 2.31. The molecule has 0 saturated carbocycles. The van der Waals surface area contributed by atoms with E-state index in [1.54, 1.807) is 0 Å². The highest BCUT2D eigenvalue weighted by molar-refractivity contribution is 7.99. The van der Waals surface area contributed by atoms with Gasteiger partial charge in [0.1, 0.15) is 0 Å². The van der Waals surface area contributed by atoms with Crippen LogP contribution >= 0.6 is 23.4 Å². The van der Waals surface area contributed by atoms with Gasteiger partial charge in [0.05, 0.1) is 11.6 Å². The molecule has 1 nitrogen and oxygen atoms in total. The van der Waals surface area contributed by atoms with Crippen LogP contribution in [0.2, 0.25) is 0 Å². The summed E-state index contributed by atoms with van der Waals surface area (Å²) in [6, 6.07) is 14.2. The second-order valence-corrected chi connectivity index (χ2v) is 5.71. The van der Waals surface area contributed by atoms with Crippen molar-refractivity contribution in [3.63, 3.8) is 0 Å². The SMILES string of the molecule is CC(CCl)CSc1ccc(C#N)c2ccccc12. The summed E-state index contributed by atoms with van der Waals surface area (Å²) in [6.45, 7) is 2.14. The molecule has 0 aliphatic heterocycles. The minimum absolute atomic E-state index is 0.492. The molecule has 2 aromatic rings. The minimum atomic E-state index is 0.492. The van der Waals surface area contributed by atoms with Crippen LogP contribution in [0.4, 0.5) is 0 Å². The summed E-state index contributed by atoms with van der Waals surface area (Å²) in [7, 11) is 0. The van der Waals surface area contributed by atoms with Gasteiger partial charge in [-0.25, -0.2) is 0 Å². The standard InChI is InChI=1S/C15H14ClNS/c1-11(8-16)10-18-15-7-6-12(9-17)13-4-2-3-5-14(13)15/h2-7,11H,8,10H2,1H3. The summed E-state index contributed by atoms with van der Waals surface area (Å²) in [4.78, 5) is 1.22. The van der Waals surface area contributed by atoms with Crippen LogP contribution in [0.1, 0.15) is 12.5 Å². The van der Waals surface area contributed by atoms with E-state index in [1.165, 1.54) is 4.90 Å². The third-order valence-electron chi connectivity index (χ3n) is 2.79. The number of thioether (sulfide) groups is 1. The zero-order valence-electron chi connectivity index (χ0n) is 10.2. The Morgan fingerprint density at radius 3 is 2.61 bits per heavy atom. The predicted octanol–water partition coefficient (Wildman–Crippen LogP) is 4.68. The van der Waals surface area contributed by atoms with Gasteiger partial charge in [0.25, 0.3) is 0 Å². The van der Waals surface area contributed by atoms with Crippen LogP contribution in [0.5, 0.6) is 0 Å². The van der Waals surface area contributed by atoms with Crippen molar-refractivity contribution in [3.05, 3.63) is 42.0 Å². The van der Waals surface area contributed by atoms with E-state index in [9.17, 15) is 0 Å². The smallest absolute Gasteiger partial charge is 0.0998 e. The first-order chi connectivity index (χ1) is 8.76. The Hall–Kier alpha value is -1.17. The minimum Gasteiger partial charge on any atom is -0.192 e. The van der Waals surface area contributed by atoms with Crippen molar-refractivity contribution in [1.29, 1.82) is 5.26 Å². The fourth-order valence-corrected chi connectivity index (χ4v) is 3.09. The molecule has 1 atom stereocenters. The molecule has 92 valence electrons. The first-order valence-electron chi connectivity index (χ1n) is 5.87. The lowest BCUT2D eigenvalue weighted by Gasteiger charge is -2.10. The number of benzene rings is 2. The van der Waals surface area contributed by atoms with E-state index in [0.717, 1.165) is 22.1 Å². The van der Waals surface area contributed by atoms with E-state index >= 15 is 0 Å². The third kappa shape index (κ3) is 2.80. The molecule has 0 heterocycles. The number of fused-ring (bicyclic) bond motifs is 1. The van der Waals surface area contributed by atoms with Crippen LogP contribution in [0.15, 0.2) is 41.3 Å². The van der Waals surface area contributed by atoms with Crippen molar-refractivity contribution >= 4 is 34.1 Å². The summed E-state index contributed by atoms with van der Waals surface area (Å²) in [5.74, 6) is 2.17. The molecule has 3 heteroatoms. The van der Waals surface area contributed by atoms with Gasteiger partial charge in [0.2, 0.25) is 0 Å². The lowest BCUT2D eigenvalue weighted by molar-refractivity contribution is 0.759. The topological polar surface area (TPSA) is 23.8 Å². The Labute approximate surface area is 117 Å². The van der Waals surface area contributed by atoms with Crippen molar-refractivity contribution in [3.8, 4) is 6.07 Å². The molecule has 0 bridgehead atoms. The normalized spacial score (nSPS) is 12.3. The molecule has 18 heavy (non-hydrogen) atoms. The van der Waals surface area contributed by atoms with Crippen LogP contribution < -0.4 is 0 Å². The number of halogens is 1. The van der Waals surface area contributed by atoms with Crippen LogP contribution in [-0.4, -0.2) is 11.6 Å². The van der Waals surface area contributed by atoms with E-state index in [4.69, 9.17) is 16.9 Å². The second-order valence-electron chi connectivity index (χ2n) is 4.34. The average molecular weight is 276 g/mol. The summed E-state index contributed by atoms with van der Waals surface area (Å²) >= 11 is 7.64. The molecule has 0 saturated heterocycles. The van der Waals surface area contributed by atoms with Crippen LogP contribution in [0.3, 0.4) is 0 Å². The molecule has 2 aromatic carbocycles. The van der Waals surface area contributed by atoms with Gasteiger partial charge in [-0.2, -0.15) is 5.26 Å². The number of hydrogen-bond acceptors (Lipinski definition) is 2. The Balaban J connectivity index is 2.38. The maximum atomic E-state index is 9.11. The van der Waals surface area contributed by atoms with Gasteiger partial charge in [0, 0.05) is 21.9 Å². The van der Waals surface area contributed by atoms with E-state index in [-0.39, 0.29) is 0 Å². The lowest BCUT2D eigenvalue weighted by Crippen LogP contribution is -1.99. The number of nitriles is 1. The van der Waals surface area contributed by atoms with Gasteiger partial charge in [-0.15, -0.1) is 23.4 Å².